The van der Waals surface area contributed by atoms with Gasteiger partial charge in [-0.1, -0.05) is 0 Å². The van der Waals surface area contributed by atoms with Crippen LogP contribution in [-0.2, 0) is 14.3 Å². The zero-order valence-electron chi connectivity index (χ0n) is 11.5. The molecule has 5 heteroatoms. The van der Waals surface area contributed by atoms with Gasteiger partial charge in [-0.15, -0.1) is 0 Å². The van der Waals surface area contributed by atoms with Crippen molar-refractivity contribution in [2.24, 2.45) is 5.92 Å². The summed E-state index contributed by atoms with van der Waals surface area (Å²) in [7, 11) is 0. The summed E-state index contributed by atoms with van der Waals surface area (Å²) in [5.41, 5.74) is 0. The number of hydrogen-bond acceptors (Lipinski definition) is 3. The molecule has 1 unspecified atom stereocenters. The van der Waals surface area contributed by atoms with Gasteiger partial charge in [0, 0.05) is 45.7 Å². The van der Waals surface area contributed by atoms with Gasteiger partial charge in [-0.2, -0.15) is 0 Å². The van der Waals surface area contributed by atoms with Crippen LogP contribution >= 0.6 is 0 Å². The molecule has 0 radical (unpaired) electrons. The minimum Gasteiger partial charge on any atom is -0.381 e. The summed E-state index contributed by atoms with van der Waals surface area (Å²) < 4.78 is 5.30. The topological polar surface area (TPSA) is 58.6 Å². The number of rotatable bonds is 7. The van der Waals surface area contributed by atoms with Crippen molar-refractivity contribution in [1.29, 1.82) is 0 Å². The Bertz CT molecular complexity index is 314. The zero-order valence-corrected chi connectivity index (χ0v) is 11.5. The normalized spacial score (nSPS) is 23.1. The summed E-state index contributed by atoms with van der Waals surface area (Å²) in [6.45, 7) is 4.04. The second kappa shape index (κ2) is 7.48. The Morgan fingerprint density at radius 1 is 1.47 bits per heavy atom. The van der Waals surface area contributed by atoms with Gasteiger partial charge in [0.25, 0.3) is 0 Å². The molecule has 1 N–H and O–H groups in total. The Hall–Kier alpha value is -1.10. The van der Waals surface area contributed by atoms with Crippen molar-refractivity contribution < 1.29 is 14.3 Å². The molecule has 108 valence electrons. The van der Waals surface area contributed by atoms with E-state index < -0.39 is 0 Å². The Labute approximate surface area is 114 Å². The molecular formula is C14H24N2O3. The second-order valence-corrected chi connectivity index (χ2v) is 5.46. The molecule has 1 atom stereocenters. The molecule has 0 aromatic rings. The molecule has 5 nitrogen and oxygen atoms in total. The summed E-state index contributed by atoms with van der Waals surface area (Å²) >= 11 is 0. The number of likely N-dealkylation sites (tertiary alicyclic amines) is 1. The third-order valence-electron chi connectivity index (χ3n) is 3.90. The molecule has 0 aromatic carbocycles. The molecule has 0 aliphatic carbocycles. The Morgan fingerprint density at radius 3 is 3.05 bits per heavy atom. The van der Waals surface area contributed by atoms with E-state index in [1.54, 1.807) is 0 Å². The summed E-state index contributed by atoms with van der Waals surface area (Å²) in [6, 6.07) is 0. The van der Waals surface area contributed by atoms with Crippen LogP contribution in [0.2, 0.25) is 0 Å². The number of nitrogens with one attached hydrogen (secondary N) is 1. The van der Waals surface area contributed by atoms with E-state index in [0.29, 0.717) is 18.8 Å². The number of nitrogens with zero attached hydrogens (tertiary/aromatic N) is 1. The van der Waals surface area contributed by atoms with Gasteiger partial charge >= 0.3 is 0 Å². The lowest BCUT2D eigenvalue weighted by Gasteiger charge is -2.15. The lowest BCUT2D eigenvalue weighted by molar-refractivity contribution is -0.128. The molecule has 2 aliphatic rings. The molecule has 2 amide bonds. The van der Waals surface area contributed by atoms with Gasteiger partial charge in [0.15, 0.2) is 0 Å². The lowest BCUT2D eigenvalue weighted by Crippen LogP contribution is -2.29. The molecule has 0 bridgehead atoms. The van der Waals surface area contributed by atoms with E-state index in [0.717, 1.165) is 58.5 Å². The molecule has 2 heterocycles. The second-order valence-electron chi connectivity index (χ2n) is 5.46. The maximum atomic E-state index is 11.6. The van der Waals surface area contributed by atoms with Gasteiger partial charge in [0.1, 0.15) is 0 Å². The Kier molecular flexibility index (Phi) is 5.63. The fourth-order valence-electron chi connectivity index (χ4n) is 2.69. The number of hydrogen-bond donors (Lipinski definition) is 1. The average Bonchev–Trinajstić information content (AvgIpc) is 3.02. The van der Waals surface area contributed by atoms with Crippen molar-refractivity contribution >= 4 is 11.8 Å². The van der Waals surface area contributed by atoms with Crippen molar-refractivity contribution in [1.82, 2.24) is 10.2 Å². The van der Waals surface area contributed by atoms with Gasteiger partial charge < -0.3 is 15.0 Å². The summed E-state index contributed by atoms with van der Waals surface area (Å²) in [5, 5.41) is 2.95. The van der Waals surface area contributed by atoms with Crippen LogP contribution in [-0.4, -0.2) is 49.6 Å². The van der Waals surface area contributed by atoms with Crippen molar-refractivity contribution in [3.63, 3.8) is 0 Å². The van der Waals surface area contributed by atoms with Gasteiger partial charge in [-0.05, 0) is 31.6 Å². The highest BCUT2D eigenvalue weighted by Gasteiger charge is 2.19. The quantitative estimate of drug-likeness (QED) is 0.747. The molecule has 2 rings (SSSR count). The SMILES string of the molecule is O=C(CCCN1CCCC1=O)NCCC1CCOC1. The largest absolute Gasteiger partial charge is 0.381 e. The van der Waals surface area contributed by atoms with Crippen LogP contribution in [0, 0.1) is 5.92 Å². The predicted molar refractivity (Wildman–Crippen MR) is 71.6 cm³/mol. The van der Waals surface area contributed by atoms with E-state index in [-0.39, 0.29) is 11.8 Å². The minimum atomic E-state index is 0.102. The number of carbonyl (C=O) groups excluding carboxylic acids is 2. The Morgan fingerprint density at radius 2 is 2.37 bits per heavy atom. The Balaban J connectivity index is 1.48. The molecular weight excluding hydrogens is 244 g/mol. The fourth-order valence-corrected chi connectivity index (χ4v) is 2.69. The van der Waals surface area contributed by atoms with Gasteiger partial charge in [0.05, 0.1) is 0 Å². The highest BCUT2D eigenvalue weighted by Crippen LogP contribution is 2.15. The molecule has 0 aromatic heterocycles. The number of carbonyl (C=O) groups is 2. The van der Waals surface area contributed by atoms with Crippen molar-refractivity contribution in [2.75, 3.05) is 32.8 Å². The monoisotopic (exact) mass is 268 g/mol. The number of ether oxygens (including phenoxy) is 1. The van der Waals surface area contributed by atoms with E-state index in [2.05, 4.69) is 5.32 Å². The summed E-state index contributed by atoms with van der Waals surface area (Å²) in [5.74, 6) is 0.953. The average molecular weight is 268 g/mol. The lowest BCUT2D eigenvalue weighted by atomic mass is 10.1. The fraction of sp³-hybridized carbons (Fsp3) is 0.857. The molecule has 0 saturated carbocycles. The van der Waals surface area contributed by atoms with E-state index in [1.165, 1.54) is 0 Å². The van der Waals surface area contributed by atoms with Gasteiger partial charge in [-0.25, -0.2) is 0 Å². The van der Waals surface area contributed by atoms with Crippen LogP contribution in [0.4, 0.5) is 0 Å². The van der Waals surface area contributed by atoms with Crippen LogP contribution < -0.4 is 5.32 Å². The van der Waals surface area contributed by atoms with E-state index in [1.807, 2.05) is 4.90 Å². The van der Waals surface area contributed by atoms with Crippen LogP contribution in [0.1, 0.15) is 38.5 Å². The highest BCUT2D eigenvalue weighted by atomic mass is 16.5. The van der Waals surface area contributed by atoms with Crippen molar-refractivity contribution in [3.05, 3.63) is 0 Å². The first kappa shape index (κ1) is 14.3. The maximum Gasteiger partial charge on any atom is 0.222 e. The molecule has 2 saturated heterocycles. The highest BCUT2D eigenvalue weighted by molar-refractivity contribution is 5.78. The first-order chi connectivity index (χ1) is 9.25. The molecule has 19 heavy (non-hydrogen) atoms. The van der Waals surface area contributed by atoms with Crippen LogP contribution in [0.15, 0.2) is 0 Å². The van der Waals surface area contributed by atoms with Gasteiger partial charge in [0.2, 0.25) is 11.8 Å². The van der Waals surface area contributed by atoms with Gasteiger partial charge in [-0.3, -0.25) is 9.59 Å². The van der Waals surface area contributed by atoms with Crippen molar-refractivity contribution in [3.8, 4) is 0 Å². The zero-order chi connectivity index (χ0) is 13.5. The predicted octanol–water partition coefficient (Wildman–Crippen LogP) is 0.932. The first-order valence-corrected chi connectivity index (χ1v) is 7.38. The smallest absolute Gasteiger partial charge is 0.222 e. The number of amides is 2. The summed E-state index contributed by atoms with van der Waals surface area (Å²) in [4.78, 5) is 24.9. The first-order valence-electron chi connectivity index (χ1n) is 7.38. The van der Waals surface area contributed by atoms with Crippen LogP contribution in [0.5, 0.6) is 0 Å². The van der Waals surface area contributed by atoms with E-state index >= 15 is 0 Å². The van der Waals surface area contributed by atoms with Crippen LogP contribution in [0.3, 0.4) is 0 Å². The third-order valence-corrected chi connectivity index (χ3v) is 3.90. The van der Waals surface area contributed by atoms with E-state index in [4.69, 9.17) is 4.74 Å². The van der Waals surface area contributed by atoms with Crippen molar-refractivity contribution in [2.45, 2.75) is 38.5 Å². The third kappa shape index (κ3) is 4.82. The van der Waals surface area contributed by atoms with E-state index in [9.17, 15) is 9.59 Å². The summed E-state index contributed by atoms with van der Waals surface area (Å²) in [6.07, 6.45) is 5.06. The molecule has 2 fully saturated rings. The molecule has 2 aliphatic heterocycles. The van der Waals surface area contributed by atoms with Crippen LogP contribution in [0.25, 0.3) is 0 Å². The minimum absolute atomic E-state index is 0.102. The maximum absolute atomic E-state index is 11.6. The molecule has 0 spiro atoms. The standard InChI is InChI=1S/C14H24N2O3/c17-13(15-7-5-12-6-10-19-11-12)3-1-8-16-9-2-4-14(16)18/h12H,1-11H2,(H,15,17).